The van der Waals surface area contributed by atoms with Crippen LogP contribution in [0.1, 0.15) is 72.9 Å². The van der Waals surface area contributed by atoms with Crippen LogP contribution < -0.4 is 5.32 Å². The average molecular weight is 558 g/mol. The predicted molar refractivity (Wildman–Crippen MR) is 150 cm³/mol. The number of benzene rings is 2. The third kappa shape index (κ3) is 7.67. The molecule has 1 saturated carbocycles. The number of rotatable bonds is 10. The Morgan fingerprint density at radius 1 is 0.947 bits per heavy atom. The fraction of sp³-hybridized carbons (Fsp3) is 0.467. The van der Waals surface area contributed by atoms with Crippen LogP contribution in [-0.4, -0.2) is 41.1 Å². The average Bonchev–Trinajstić information content (AvgIpc) is 2.90. The lowest BCUT2D eigenvalue weighted by Gasteiger charge is -2.28. The minimum absolute atomic E-state index is 0.0488. The number of carbonyl (C=O) groups is 3. The number of amides is 1. The van der Waals surface area contributed by atoms with Crippen molar-refractivity contribution in [2.45, 2.75) is 70.3 Å². The summed E-state index contributed by atoms with van der Waals surface area (Å²) in [5.41, 5.74) is 3.08. The normalized spacial score (nSPS) is 20.3. The Balaban J connectivity index is 1.28. The Morgan fingerprint density at radius 2 is 1.61 bits per heavy atom. The molecule has 1 atom stereocenters. The minimum atomic E-state index is -1.16. The fourth-order valence-electron chi connectivity index (χ4n) is 5.47. The van der Waals surface area contributed by atoms with Gasteiger partial charge in [-0.15, -0.1) is 0 Å². The van der Waals surface area contributed by atoms with Crippen molar-refractivity contribution in [1.29, 1.82) is 0 Å². The van der Waals surface area contributed by atoms with Crippen LogP contribution in [0.2, 0.25) is 10.0 Å². The molecule has 0 spiro atoms. The van der Waals surface area contributed by atoms with Gasteiger partial charge >= 0.3 is 5.97 Å². The molecule has 4 rings (SSSR count). The van der Waals surface area contributed by atoms with Gasteiger partial charge in [-0.1, -0.05) is 53.5 Å². The van der Waals surface area contributed by atoms with E-state index >= 15 is 0 Å². The van der Waals surface area contributed by atoms with Crippen molar-refractivity contribution in [3.8, 4) is 0 Å². The topological polar surface area (TPSA) is 95.8 Å². The molecule has 6 nitrogen and oxygen atoms in total. The molecule has 2 aliphatic rings. The minimum Gasteiger partial charge on any atom is -0.480 e. The highest BCUT2D eigenvalue weighted by atomic mass is 35.5. The molecule has 8 heteroatoms. The first-order valence-electron chi connectivity index (χ1n) is 13.4. The second-order valence-corrected chi connectivity index (χ2v) is 11.3. The second-order valence-electron chi connectivity index (χ2n) is 10.5. The standard InChI is InChI=1S/C30H34Cl2N2O4/c31-24-5-3-6-25(32)28(24)29(36)34-26(30(37)38)17-20-7-9-21(10-8-20)18-27(35)22-13-11-19(12-14-22)16-23-4-1-2-15-33-23/h3,5-10,19,22,26H,1-2,4,11-18H2,(H,34,36)(H,37,38)/t19?,22?,26-/m0/s1. The van der Waals surface area contributed by atoms with Crippen LogP contribution in [0, 0.1) is 11.8 Å². The maximum absolute atomic E-state index is 13.0. The first-order valence-corrected chi connectivity index (χ1v) is 14.2. The highest BCUT2D eigenvalue weighted by Gasteiger charge is 2.27. The molecule has 1 amide bonds. The number of Topliss-reactive ketones (excluding diaryl/α,β-unsaturated/α-hetero) is 1. The van der Waals surface area contributed by atoms with Gasteiger partial charge in [-0.3, -0.25) is 14.6 Å². The van der Waals surface area contributed by atoms with Crippen molar-refractivity contribution in [1.82, 2.24) is 5.32 Å². The molecule has 2 N–H and O–H groups in total. The van der Waals surface area contributed by atoms with Crippen LogP contribution in [0.3, 0.4) is 0 Å². The van der Waals surface area contributed by atoms with E-state index in [1.807, 2.05) is 24.3 Å². The molecule has 2 aromatic rings. The van der Waals surface area contributed by atoms with E-state index in [2.05, 4.69) is 10.3 Å². The molecule has 0 radical (unpaired) electrons. The van der Waals surface area contributed by atoms with Crippen molar-refractivity contribution in [3.05, 3.63) is 69.2 Å². The van der Waals surface area contributed by atoms with Gasteiger partial charge in [-0.2, -0.15) is 0 Å². The van der Waals surface area contributed by atoms with Crippen molar-refractivity contribution < 1.29 is 19.5 Å². The van der Waals surface area contributed by atoms with E-state index in [1.165, 1.54) is 30.7 Å². The quantitative estimate of drug-likeness (QED) is 0.356. The molecule has 0 bridgehead atoms. The molecule has 202 valence electrons. The number of hydrogen-bond donors (Lipinski definition) is 2. The van der Waals surface area contributed by atoms with E-state index < -0.39 is 17.9 Å². The van der Waals surface area contributed by atoms with Crippen LogP contribution in [0.4, 0.5) is 0 Å². The Morgan fingerprint density at radius 3 is 2.21 bits per heavy atom. The summed E-state index contributed by atoms with van der Waals surface area (Å²) in [6.07, 6.45) is 9.27. The number of carbonyl (C=O) groups excluding carboxylic acids is 2. The predicted octanol–water partition coefficient (Wildman–Crippen LogP) is 6.35. The Labute approximate surface area is 233 Å². The smallest absolute Gasteiger partial charge is 0.326 e. The first-order chi connectivity index (χ1) is 18.3. The number of carboxylic acids is 1. The van der Waals surface area contributed by atoms with Gasteiger partial charge in [0.1, 0.15) is 11.8 Å². The van der Waals surface area contributed by atoms with Crippen LogP contribution in [-0.2, 0) is 22.4 Å². The highest BCUT2D eigenvalue weighted by molar-refractivity contribution is 6.39. The summed E-state index contributed by atoms with van der Waals surface area (Å²) in [6, 6.07) is 10.9. The number of nitrogens with zero attached hydrogens (tertiary/aromatic N) is 1. The summed E-state index contributed by atoms with van der Waals surface area (Å²) in [6.45, 7) is 0.977. The van der Waals surface area contributed by atoms with E-state index in [0.29, 0.717) is 12.3 Å². The Bertz CT molecular complexity index is 1170. The number of carboxylic acid groups (broad SMARTS) is 1. The molecule has 2 aromatic carbocycles. The number of aliphatic imine (C=N–C) groups is 1. The van der Waals surface area contributed by atoms with Crippen molar-refractivity contribution in [2.24, 2.45) is 16.8 Å². The van der Waals surface area contributed by atoms with Crippen molar-refractivity contribution >= 4 is 46.6 Å². The molecule has 1 heterocycles. The number of hydrogen-bond acceptors (Lipinski definition) is 4. The van der Waals surface area contributed by atoms with Crippen LogP contribution in [0.25, 0.3) is 0 Å². The zero-order valence-electron chi connectivity index (χ0n) is 21.4. The van der Waals surface area contributed by atoms with Gasteiger partial charge in [0, 0.05) is 31.0 Å². The van der Waals surface area contributed by atoms with Gasteiger partial charge in [0.05, 0.1) is 15.6 Å². The summed E-state index contributed by atoms with van der Waals surface area (Å²) >= 11 is 12.2. The molecule has 0 saturated heterocycles. The molecular formula is C30H34Cl2N2O4. The highest BCUT2D eigenvalue weighted by Crippen LogP contribution is 2.33. The number of ketones is 1. The Kier molecular flexibility index (Phi) is 9.97. The van der Waals surface area contributed by atoms with Crippen molar-refractivity contribution in [3.63, 3.8) is 0 Å². The summed E-state index contributed by atoms with van der Waals surface area (Å²) < 4.78 is 0. The second kappa shape index (κ2) is 13.4. The molecule has 1 fully saturated rings. The summed E-state index contributed by atoms with van der Waals surface area (Å²) in [4.78, 5) is 42.1. The first kappa shape index (κ1) is 28.3. The maximum Gasteiger partial charge on any atom is 0.326 e. The van der Waals surface area contributed by atoms with Crippen LogP contribution >= 0.6 is 23.2 Å². The van der Waals surface area contributed by atoms with E-state index in [1.54, 1.807) is 6.07 Å². The summed E-state index contributed by atoms with van der Waals surface area (Å²) in [5.74, 6) is -0.753. The summed E-state index contributed by atoms with van der Waals surface area (Å²) in [5, 5.41) is 12.5. The lowest BCUT2D eigenvalue weighted by molar-refractivity contribution is -0.139. The largest absolute Gasteiger partial charge is 0.480 e. The van der Waals surface area contributed by atoms with Gasteiger partial charge < -0.3 is 10.4 Å². The Hall–Kier alpha value is -2.70. The third-order valence-electron chi connectivity index (χ3n) is 7.67. The summed E-state index contributed by atoms with van der Waals surface area (Å²) in [7, 11) is 0. The fourth-order valence-corrected chi connectivity index (χ4v) is 6.03. The monoisotopic (exact) mass is 556 g/mol. The van der Waals surface area contributed by atoms with Crippen molar-refractivity contribution in [2.75, 3.05) is 6.54 Å². The van der Waals surface area contributed by atoms with Gasteiger partial charge in [-0.05, 0) is 80.5 Å². The van der Waals surface area contributed by atoms with Crippen LogP contribution in [0.15, 0.2) is 47.5 Å². The molecule has 38 heavy (non-hydrogen) atoms. The van der Waals surface area contributed by atoms with E-state index in [-0.39, 0.29) is 33.7 Å². The molecule has 0 unspecified atom stereocenters. The lowest BCUT2D eigenvalue weighted by atomic mass is 9.76. The zero-order chi connectivity index (χ0) is 27.1. The van der Waals surface area contributed by atoms with Gasteiger partial charge in [0.2, 0.25) is 0 Å². The lowest BCUT2D eigenvalue weighted by Crippen LogP contribution is -2.42. The maximum atomic E-state index is 13.0. The van der Waals surface area contributed by atoms with E-state index in [9.17, 15) is 19.5 Å². The molecule has 0 aromatic heterocycles. The number of halogens is 2. The SMILES string of the molecule is O=C(N[C@@H](Cc1ccc(CC(=O)C2CCC(CC3=NCCCC3)CC2)cc1)C(=O)O)c1c(Cl)cccc1Cl. The van der Waals surface area contributed by atoms with Gasteiger partial charge in [0.15, 0.2) is 0 Å². The van der Waals surface area contributed by atoms with E-state index in [4.69, 9.17) is 23.2 Å². The third-order valence-corrected chi connectivity index (χ3v) is 8.30. The number of nitrogens with one attached hydrogen (secondary N) is 1. The van der Waals surface area contributed by atoms with Gasteiger partial charge in [-0.25, -0.2) is 4.79 Å². The zero-order valence-corrected chi connectivity index (χ0v) is 22.9. The molecular weight excluding hydrogens is 523 g/mol. The molecule has 1 aliphatic carbocycles. The number of aliphatic carboxylic acids is 1. The van der Waals surface area contributed by atoms with Gasteiger partial charge in [0.25, 0.3) is 5.91 Å². The van der Waals surface area contributed by atoms with Crippen LogP contribution in [0.5, 0.6) is 0 Å². The van der Waals surface area contributed by atoms with E-state index in [0.717, 1.165) is 56.2 Å². The molecule has 1 aliphatic heterocycles.